The number of hydrogen-bond acceptors (Lipinski definition) is 1. The summed E-state index contributed by atoms with van der Waals surface area (Å²) in [4.78, 5) is 0. The van der Waals surface area contributed by atoms with Gasteiger partial charge in [0.25, 0.3) is 0 Å². The largest absolute Gasteiger partial charge is 0.324 e. The molecule has 3 rings (SSSR count). The number of hydrogen-bond donors (Lipinski definition) is 1. The van der Waals surface area contributed by atoms with Crippen LogP contribution in [0, 0.1) is 0 Å². The third kappa shape index (κ3) is 1.81. The zero-order chi connectivity index (χ0) is 12.5. The molecule has 0 fully saturated rings. The van der Waals surface area contributed by atoms with Gasteiger partial charge in [-0.3, -0.25) is 0 Å². The van der Waals surface area contributed by atoms with E-state index in [0.717, 1.165) is 0 Å². The molecule has 0 unspecified atom stereocenters. The Balaban J connectivity index is 2.21. The van der Waals surface area contributed by atoms with Gasteiger partial charge in [0.1, 0.15) is 0 Å². The molecule has 0 spiro atoms. The summed E-state index contributed by atoms with van der Waals surface area (Å²) < 4.78 is 2.20. The maximum atomic E-state index is 5.95. The summed E-state index contributed by atoms with van der Waals surface area (Å²) >= 11 is 0. The van der Waals surface area contributed by atoms with Gasteiger partial charge in [0, 0.05) is 17.9 Å². The lowest BCUT2D eigenvalue weighted by atomic mass is 10.1. The van der Waals surface area contributed by atoms with E-state index in [1.807, 2.05) is 13.0 Å². The molecule has 3 aromatic rings. The van der Waals surface area contributed by atoms with E-state index in [4.69, 9.17) is 5.73 Å². The lowest BCUT2D eigenvalue weighted by Gasteiger charge is -2.09. The fraction of sp³-hybridized carbons (Fsp3) is 0.125. The van der Waals surface area contributed by atoms with Crippen molar-refractivity contribution >= 4 is 10.9 Å². The number of rotatable bonds is 2. The molecule has 0 bridgehead atoms. The molecule has 0 saturated heterocycles. The number of fused-ring (bicyclic) bond motifs is 1. The Morgan fingerprint density at radius 1 is 1.00 bits per heavy atom. The van der Waals surface area contributed by atoms with Crippen LogP contribution in [0.4, 0.5) is 0 Å². The van der Waals surface area contributed by atoms with Gasteiger partial charge in [-0.2, -0.15) is 0 Å². The fourth-order valence-corrected chi connectivity index (χ4v) is 2.24. The molecule has 0 saturated carbocycles. The minimum absolute atomic E-state index is 0.0634. The minimum atomic E-state index is 0.0634. The second-order valence-electron chi connectivity index (χ2n) is 4.63. The Kier molecular flexibility index (Phi) is 2.65. The van der Waals surface area contributed by atoms with Crippen LogP contribution in [0.2, 0.25) is 0 Å². The standard InChI is InChI=1S/C16H16N2/c1-12(17)14-8-7-13-9-10-18(16(13)11-14)15-5-3-2-4-6-15/h2-12H,17H2,1H3/t12-/m0/s1. The van der Waals surface area contributed by atoms with Gasteiger partial charge in [-0.1, -0.05) is 30.3 Å². The predicted molar refractivity (Wildman–Crippen MR) is 75.9 cm³/mol. The molecule has 0 aliphatic carbocycles. The van der Waals surface area contributed by atoms with Crippen molar-refractivity contribution in [2.45, 2.75) is 13.0 Å². The normalized spacial score (nSPS) is 12.8. The van der Waals surface area contributed by atoms with Crippen LogP contribution >= 0.6 is 0 Å². The molecule has 2 aromatic carbocycles. The van der Waals surface area contributed by atoms with Gasteiger partial charge in [0.05, 0.1) is 5.52 Å². The quantitative estimate of drug-likeness (QED) is 0.723. The highest BCUT2D eigenvalue weighted by atomic mass is 15.0. The van der Waals surface area contributed by atoms with Crippen LogP contribution in [0.15, 0.2) is 60.8 Å². The Hall–Kier alpha value is -2.06. The first kappa shape index (κ1) is 11.1. The number of para-hydroxylation sites is 1. The Morgan fingerprint density at radius 3 is 2.50 bits per heavy atom. The zero-order valence-electron chi connectivity index (χ0n) is 10.4. The maximum absolute atomic E-state index is 5.95. The molecule has 0 aliphatic heterocycles. The van der Waals surface area contributed by atoms with E-state index in [0.29, 0.717) is 0 Å². The van der Waals surface area contributed by atoms with E-state index in [-0.39, 0.29) is 6.04 Å². The second kappa shape index (κ2) is 4.31. The highest BCUT2D eigenvalue weighted by Crippen LogP contribution is 2.23. The summed E-state index contributed by atoms with van der Waals surface area (Å²) in [6.45, 7) is 2.01. The summed E-state index contributed by atoms with van der Waals surface area (Å²) in [5.41, 5.74) is 9.50. The van der Waals surface area contributed by atoms with Gasteiger partial charge in [0.15, 0.2) is 0 Å². The third-order valence-corrected chi connectivity index (χ3v) is 3.28. The minimum Gasteiger partial charge on any atom is -0.324 e. The van der Waals surface area contributed by atoms with E-state index in [9.17, 15) is 0 Å². The van der Waals surface area contributed by atoms with Crippen molar-refractivity contribution in [2.75, 3.05) is 0 Å². The number of nitrogens with zero attached hydrogens (tertiary/aromatic N) is 1. The van der Waals surface area contributed by atoms with Crippen molar-refractivity contribution in [3.63, 3.8) is 0 Å². The smallest absolute Gasteiger partial charge is 0.0531 e. The van der Waals surface area contributed by atoms with Crippen molar-refractivity contribution in [1.29, 1.82) is 0 Å². The molecule has 2 heteroatoms. The van der Waals surface area contributed by atoms with Gasteiger partial charge in [-0.05, 0) is 42.1 Å². The first-order valence-corrected chi connectivity index (χ1v) is 6.18. The lowest BCUT2D eigenvalue weighted by Crippen LogP contribution is -2.04. The topological polar surface area (TPSA) is 30.9 Å². The van der Waals surface area contributed by atoms with Gasteiger partial charge in [-0.25, -0.2) is 0 Å². The molecule has 1 aromatic heterocycles. The van der Waals surface area contributed by atoms with E-state index < -0.39 is 0 Å². The maximum Gasteiger partial charge on any atom is 0.0531 e. The summed E-state index contributed by atoms with van der Waals surface area (Å²) in [5.74, 6) is 0. The predicted octanol–water partition coefficient (Wildman–Crippen LogP) is 3.65. The van der Waals surface area contributed by atoms with Gasteiger partial charge in [-0.15, -0.1) is 0 Å². The molecule has 18 heavy (non-hydrogen) atoms. The highest BCUT2D eigenvalue weighted by Gasteiger charge is 2.05. The van der Waals surface area contributed by atoms with E-state index in [1.54, 1.807) is 0 Å². The average Bonchev–Trinajstić information content (AvgIpc) is 2.82. The van der Waals surface area contributed by atoms with Crippen LogP contribution in [-0.4, -0.2) is 4.57 Å². The lowest BCUT2D eigenvalue weighted by molar-refractivity contribution is 0.819. The van der Waals surface area contributed by atoms with Crippen LogP contribution in [0.25, 0.3) is 16.6 Å². The van der Waals surface area contributed by atoms with Crippen molar-refractivity contribution in [2.24, 2.45) is 5.73 Å². The molecule has 0 aliphatic rings. The van der Waals surface area contributed by atoms with Gasteiger partial charge >= 0.3 is 0 Å². The fourth-order valence-electron chi connectivity index (χ4n) is 2.24. The Labute approximate surface area is 107 Å². The molecular weight excluding hydrogens is 220 g/mol. The molecular formula is C16H16N2. The molecule has 2 nitrogen and oxygen atoms in total. The zero-order valence-corrected chi connectivity index (χ0v) is 10.4. The number of aromatic nitrogens is 1. The van der Waals surface area contributed by atoms with Crippen molar-refractivity contribution in [3.05, 3.63) is 66.4 Å². The summed E-state index contributed by atoms with van der Waals surface area (Å²) in [6, 6.07) is 19.0. The van der Waals surface area contributed by atoms with Crippen molar-refractivity contribution in [3.8, 4) is 5.69 Å². The van der Waals surface area contributed by atoms with Crippen LogP contribution in [0.1, 0.15) is 18.5 Å². The van der Waals surface area contributed by atoms with Crippen molar-refractivity contribution in [1.82, 2.24) is 4.57 Å². The molecule has 1 heterocycles. The SMILES string of the molecule is C[C@H](N)c1ccc2ccn(-c3ccccc3)c2c1. The van der Waals surface area contributed by atoms with E-state index in [1.165, 1.54) is 22.2 Å². The summed E-state index contributed by atoms with van der Waals surface area (Å²) in [7, 11) is 0. The monoisotopic (exact) mass is 236 g/mol. The van der Waals surface area contributed by atoms with Crippen molar-refractivity contribution < 1.29 is 0 Å². The van der Waals surface area contributed by atoms with E-state index >= 15 is 0 Å². The average molecular weight is 236 g/mol. The molecule has 0 radical (unpaired) electrons. The van der Waals surface area contributed by atoms with Crippen LogP contribution in [-0.2, 0) is 0 Å². The third-order valence-electron chi connectivity index (χ3n) is 3.28. The first-order valence-electron chi connectivity index (χ1n) is 6.18. The molecule has 0 amide bonds. The molecule has 2 N–H and O–H groups in total. The summed E-state index contributed by atoms with van der Waals surface area (Å²) in [5, 5.41) is 1.24. The highest BCUT2D eigenvalue weighted by molar-refractivity contribution is 5.82. The van der Waals surface area contributed by atoms with Gasteiger partial charge in [0.2, 0.25) is 0 Å². The Morgan fingerprint density at radius 2 is 1.78 bits per heavy atom. The number of nitrogens with two attached hydrogens (primary N) is 1. The van der Waals surface area contributed by atoms with E-state index in [2.05, 4.69) is 59.3 Å². The number of benzene rings is 2. The van der Waals surface area contributed by atoms with Gasteiger partial charge < -0.3 is 10.3 Å². The van der Waals surface area contributed by atoms with Crippen LogP contribution < -0.4 is 5.73 Å². The molecule has 90 valence electrons. The first-order chi connectivity index (χ1) is 8.75. The Bertz CT molecular complexity index is 666. The summed E-state index contributed by atoms with van der Waals surface area (Å²) in [6.07, 6.45) is 2.10. The van der Waals surface area contributed by atoms with Crippen LogP contribution in [0.3, 0.4) is 0 Å². The van der Waals surface area contributed by atoms with Crippen LogP contribution in [0.5, 0.6) is 0 Å². The molecule has 1 atom stereocenters. The second-order valence-corrected chi connectivity index (χ2v) is 4.63.